The minimum absolute atomic E-state index is 0.138. The molecule has 0 aliphatic carbocycles. The largest absolute Gasteiger partial charge is 0.477 e. The number of carboxylic acids is 1. The van der Waals surface area contributed by atoms with Gasteiger partial charge in [-0.3, -0.25) is 4.79 Å². The summed E-state index contributed by atoms with van der Waals surface area (Å²) in [5.41, 5.74) is 0.768. The van der Waals surface area contributed by atoms with Gasteiger partial charge in [0.05, 0.1) is 5.69 Å². The summed E-state index contributed by atoms with van der Waals surface area (Å²) in [5, 5.41) is 15.2. The fourth-order valence-electron chi connectivity index (χ4n) is 1.75. The van der Waals surface area contributed by atoms with Crippen LogP contribution in [-0.4, -0.2) is 27.1 Å². The van der Waals surface area contributed by atoms with E-state index in [1.54, 1.807) is 6.92 Å². The maximum absolute atomic E-state index is 12.2. The van der Waals surface area contributed by atoms with Crippen molar-refractivity contribution in [3.63, 3.8) is 0 Å². The number of amides is 1. The molecule has 2 aromatic heterocycles. The molecule has 2 aromatic rings. The van der Waals surface area contributed by atoms with Crippen LogP contribution >= 0.6 is 0 Å². The number of hydrogen-bond donors (Lipinski definition) is 2. The highest BCUT2D eigenvalue weighted by Crippen LogP contribution is 2.16. The van der Waals surface area contributed by atoms with Crippen LogP contribution < -0.4 is 5.32 Å². The molecule has 2 N–H and O–H groups in total. The van der Waals surface area contributed by atoms with Gasteiger partial charge in [0.1, 0.15) is 17.1 Å². The smallest absolute Gasteiger partial charge is 0.354 e. The number of carbonyl (C=O) groups excluding carboxylic acids is 1. The van der Waals surface area contributed by atoms with Crippen molar-refractivity contribution in [3.8, 4) is 0 Å². The molecule has 0 aliphatic rings. The second kappa shape index (κ2) is 5.52. The van der Waals surface area contributed by atoms with Crippen LogP contribution in [0.4, 0.5) is 5.82 Å². The highest BCUT2D eigenvalue weighted by molar-refractivity contribution is 6.05. The first kappa shape index (κ1) is 13.7. The van der Waals surface area contributed by atoms with Crippen LogP contribution in [0.15, 0.2) is 22.7 Å². The molecule has 0 bridgehead atoms. The Balaban J connectivity index is 2.25. The minimum atomic E-state index is -1.16. The van der Waals surface area contributed by atoms with E-state index in [1.165, 1.54) is 18.2 Å². The number of carboxylic acid groups (broad SMARTS) is 1. The Morgan fingerprint density at radius 2 is 2.15 bits per heavy atom. The Hall–Kier alpha value is -2.70. The highest BCUT2D eigenvalue weighted by atomic mass is 16.5. The fourth-order valence-corrected chi connectivity index (χ4v) is 1.75. The lowest BCUT2D eigenvalue weighted by atomic mass is 10.1. The number of rotatable bonds is 4. The van der Waals surface area contributed by atoms with Crippen molar-refractivity contribution < 1.29 is 19.2 Å². The van der Waals surface area contributed by atoms with Crippen LogP contribution in [-0.2, 0) is 6.42 Å². The first-order chi connectivity index (χ1) is 9.52. The molecular formula is C13H13N3O4. The number of pyridine rings is 1. The quantitative estimate of drug-likeness (QED) is 0.882. The number of aromatic carboxylic acids is 1. The summed E-state index contributed by atoms with van der Waals surface area (Å²) in [5.74, 6) is -1.00. The van der Waals surface area contributed by atoms with Gasteiger partial charge in [-0.1, -0.05) is 18.1 Å². The van der Waals surface area contributed by atoms with Gasteiger partial charge in [0.25, 0.3) is 5.91 Å². The van der Waals surface area contributed by atoms with Crippen LogP contribution in [0, 0.1) is 6.92 Å². The van der Waals surface area contributed by atoms with Crippen LogP contribution in [0.5, 0.6) is 0 Å². The molecule has 0 aliphatic heterocycles. The minimum Gasteiger partial charge on any atom is -0.477 e. The number of anilines is 1. The number of nitrogens with one attached hydrogen (secondary N) is 1. The standard InChI is InChI=1S/C13H13N3O4/c1-3-8-11(7(2)20-16-8)12(17)15-10-6-4-5-9(14-10)13(18)19/h4-6H,3H2,1-2H3,(H,18,19)(H,14,15,17). The number of nitrogens with zero attached hydrogens (tertiary/aromatic N) is 2. The zero-order chi connectivity index (χ0) is 14.7. The number of aryl methyl sites for hydroxylation is 2. The van der Waals surface area contributed by atoms with Crippen LogP contribution in [0.1, 0.15) is 39.2 Å². The van der Waals surface area contributed by atoms with E-state index < -0.39 is 11.9 Å². The van der Waals surface area contributed by atoms with Crippen molar-refractivity contribution in [2.24, 2.45) is 0 Å². The van der Waals surface area contributed by atoms with Gasteiger partial charge >= 0.3 is 5.97 Å². The molecule has 7 nitrogen and oxygen atoms in total. The van der Waals surface area contributed by atoms with Crippen molar-refractivity contribution in [1.82, 2.24) is 10.1 Å². The third kappa shape index (κ3) is 2.66. The summed E-state index contributed by atoms with van der Waals surface area (Å²) in [6.07, 6.45) is 0.558. The lowest BCUT2D eigenvalue weighted by Crippen LogP contribution is -2.16. The molecule has 1 amide bonds. The Labute approximate surface area is 114 Å². The molecule has 2 rings (SSSR count). The third-order valence-corrected chi connectivity index (χ3v) is 2.71. The normalized spacial score (nSPS) is 10.3. The van der Waals surface area contributed by atoms with Crippen molar-refractivity contribution in [1.29, 1.82) is 0 Å². The summed E-state index contributed by atoms with van der Waals surface area (Å²) in [6.45, 7) is 3.50. The maximum atomic E-state index is 12.2. The molecule has 0 saturated carbocycles. The fraction of sp³-hybridized carbons (Fsp3) is 0.231. The number of aromatic nitrogens is 2. The lowest BCUT2D eigenvalue weighted by molar-refractivity contribution is 0.0690. The summed E-state index contributed by atoms with van der Waals surface area (Å²) >= 11 is 0. The summed E-state index contributed by atoms with van der Waals surface area (Å²) in [4.78, 5) is 26.8. The molecule has 7 heteroatoms. The van der Waals surface area contributed by atoms with Gasteiger partial charge in [-0.15, -0.1) is 0 Å². The monoisotopic (exact) mass is 275 g/mol. The van der Waals surface area contributed by atoms with E-state index in [9.17, 15) is 9.59 Å². The van der Waals surface area contributed by atoms with E-state index >= 15 is 0 Å². The number of carbonyl (C=O) groups is 2. The van der Waals surface area contributed by atoms with E-state index in [0.29, 0.717) is 23.4 Å². The Kier molecular flexibility index (Phi) is 3.79. The van der Waals surface area contributed by atoms with Crippen molar-refractivity contribution in [2.45, 2.75) is 20.3 Å². The number of hydrogen-bond acceptors (Lipinski definition) is 5. The van der Waals surface area contributed by atoms with Gasteiger partial charge < -0.3 is 14.9 Å². The molecule has 0 unspecified atom stereocenters. The highest BCUT2D eigenvalue weighted by Gasteiger charge is 2.19. The Bertz CT molecular complexity index is 663. The van der Waals surface area contributed by atoms with Crippen molar-refractivity contribution in [3.05, 3.63) is 40.9 Å². The second-order valence-corrected chi connectivity index (χ2v) is 4.08. The van der Waals surface area contributed by atoms with Gasteiger partial charge in [-0.2, -0.15) is 0 Å². The first-order valence-corrected chi connectivity index (χ1v) is 5.99. The van der Waals surface area contributed by atoms with Crippen LogP contribution in [0.3, 0.4) is 0 Å². The molecular weight excluding hydrogens is 262 g/mol. The molecule has 0 saturated heterocycles. The summed E-state index contributed by atoms with van der Waals surface area (Å²) in [6, 6.07) is 4.37. The van der Waals surface area contributed by atoms with E-state index in [4.69, 9.17) is 9.63 Å². The predicted molar refractivity (Wildman–Crippen MR) is 69.8 cm³/mol. The molecule has 0 radical (unpaired) electrons. The molecule has 104 valence electrons. The SMILES string of the molecule is CCc1noc(C)c1C(=O)Nc1cccc(C(=O)O)n1. The van der Waals surface area contributed by atoms with Gasteiger partial charge in [0, 0.05) is 0 Å². The van der Waals surface area contributed by atoms with Gasteiger partial charge in [0.15, 0.2) is 5.69 Å². The second-order valence-electron chi connectivity index (χ2n) is 4.08. The Morgan fingerprint density at radius 3 is 2.80 bits per heavy atom. The summed E-state index contributed by atoms with van der Waals surface area (Å²) in [7, 11) is 0. The van der Waals surface area contributed by atoms with E-state index in [1.807, 2.05) is 6.92 Å². The topological polar surface area (TPSA) is 105 Å². The third-order valence-electron chi connectivity index (χ3n) is 2.71. The van der Waals surface area contributed by atoms with Gasteiger partial charge in [-0.25, -0.2) is 9.78 Å². The zero-order valence-electron chi connectivity index (χ0n) is 11.0. The Morgan fingerprint density at radius 1 is 1.40 bits per heavy atom. The van der Waals surface area contributed by atoms with E-state index in [2.05, 4.69) is 15.5 Å². The van der Waals surface area contributed by atoms with Crippen molar-refractivity contribution in [2.75, 3.05) is 5.32 Å². The maximum Gasteiger partial charge on any atom is 0.354 e. The van der Waals surface area contributed by atoms with Gasteiger partial charge in [-0.05, 0) is 25.5 Å². The van der Waals surface area contributed by atoms with Gasteiger partial charge in [0.2, 0.25) is 0 Å². The molecule has 0 aromatic carbocycles. The average Bonchev–Trinajstić information content (AvgIpc) is 2.80. The molecule has 0 atom stereocenters. The van der Waals surface area contributed by atoms with Crippen LogP contribution in [0.2, 0.25) is 0 Å². The van der Waals surface area contributed by atoms with E-state index in [0.717, 1.165) is 0 Å². The summed E-state index contributed by atoms with van der Waals surface area (Å²) < 4.78 is 4.98. The predicted octanol–water partition coefficient (Wildman–Crippen LogP) is 1.89. The molecule has 0 fully saturated rings. The van der Waals surface area contributed by atoms with Crippen molar-refractivity contribution >= 4 is 17.7 Å². The average molecular weight is 275 g/mol. The first-order valence-electron chi connectivity index (χ1n) is 5.99. The van der Waals surface area contributed by atoms with Crippen LogP contribution in [0.25, 0.3) is 0 Å². The zero-order valence-corrected chi connectivity index (χ0v) is 11.0. The molecule has 2 heterocycles. The molecule has 0 spiro atoms. The lowest BCUT2D eigenvalue weighted by Gasteiger charge is -2.05. The molecule has 20 heavy (non-hydrogen) atoms. The van der Waals surface area contributed by atoms with E-state index in [-0.39, 0.29) is 11.5 Å².